The molecular formula is C15H19IN2. The number of fused-ring (bicyclic) bond motifs is 1. The fourth-order valence-electron chi connectivity index (χ4n) is 1.70. The first-order valence-corrected chi connectivity index (χ1v) is 5.86. The Morgan fingerprint density at radius 2 is 1.94 bits per heavy atom. The number of hydrogen-bond donors (Lipinski definition) is 0. The third-order valence-electron chi connectivity index (χ3n) is 2.59. The zero-order valence-electron chi connectivity index (χ0n) is 11.1. The summed E-state index contributed by atoms with van der Waals surface area (Å²) in [4.78, 5) is 4.31. The Balaban J connectivity index is 0.00000162. The monoisotopic (exact) mass is 354 g/mol. The highest BCUT2D eigenvalue weighted by Crippen LogP contribution is 2.14. The van der Waals surface area contributed by atoms with Gasteiger partial charge in [0, 0.05) is 11.6 Å². The lowest BCUT2D eigenvalue weighted by Gasteiger charge is -2.21. The van der Waals surface area contributed by atoms with Crippen LogP contribution in [0.3, 0.4) is 0 Å². The Morgan fingerprint density at radius 1 is 1.17 bits per heavy atom. The van der Waals surface area contributed by atoms with Gasteiger partial charge in [0.15, 0.2) is 0 Å². The molecule has 0 N–H and O–H groups in total. The molecule has 0 saturated heterocycles. The van der Waals surface area contributed by atoms with Gasteiger partial charge in [0.2, 0.25) is 0 Å². The molecule has 1 aromatic carbocycles. The third kappa shape index (κ3) is 4.38. The zero-order chi connectivity index (χ0) is 12.3. The van der Waals surface area contributed by atoms with Crippen LogP contribution in [0.4, 0.5) is 0 Å². The maximum Gasteiger partial charge on any atom is 0.0970 e. The summed E-state index contributed by atoms with van der Waals surface area (Å²) >= 11 is 0. The molecule has 0 aliphatic rings. The molecule has 0 spiro atoms. The number of nitrogens with zero attached hydrogens (tertiary/aromatic N) is 2. The number of quaternary nitrogens is 1. The minimum atomic E-state index is 0. The van der Waals surface area contributed by atoms with Crippen molar-refractivity contribution in [1.82, 2.24) is 4.98 Å². The maximum atomic E-state index is 4.31. The van der Waals surface area contributed by atoms with E-state index in [9.17, 15) is 0 Å². The van der Waals surface area contributed by atoms with Gasteiger partial charge in [-0.3, -0.25) is 4.98 Å². The van der Waals surface area contributed by atoms with Crippen molar-refractivity contribution in [3.63, 3.8) is 0 Å². The number of benzene rings is 1. The molecule has 2 rings (SSSR count). The van der Waals surface area contributed by atoms with Crippen LogP contribution in [0.15, 0.2) is 42.6 Å². The molecule has 0 unspecified atom stereocenters. The Labute approximate surface area is 126 Å². The molecule has 0 radical (unpaired) electrons. The Kier molecular flexibility index (Phi) is 5.28. The van der Waals surface area contributed by atoms with Gasteiger partial charge >= 0.3 is 0 Å². The van der Waals surface area contributed by atoms with Gasteiger partial charge < -0.3 is 28.5 Å². The van der Waals surface area contributed by atoms with Gasteiger partial charge in [-0.15, -0.1) is 0 Å². The molecule has 18 heavy (non-hydrogen) atoms. The van der Waals surface area contributed by atoms with Crippen molar-refractivity contribution in [2.45, 2.75) is 0 Å². The van der Waals surface area contributed by atoms with Crippen LogP contribution in [0.2, 0.25) is 0 Å². The molecule has 96 valence electrons. The van der Waals surface area contributed by atoms with Crippen molar-refractivity contribution in [2.24, 2.45) is 0 Å². The smallest absolute Gasteiger partial charge is 0.0970 e. The predicted octanol–water partition coefficient (Wildman–Crippen LogP) is -0.0418. The van der Waals surface area contributed by atoms with Crippen LogP contribution in [0.25, 0.3) is 17.0 Å². The van der Waals surface area contributed by atoms with Crippen molar-refractivity contribution in [1.29, 1.82) is 0 Å². The van der Waals surface area contributed by atoms with E-state index >= 15 is 0 Å². The molecule has 0 amide bonds. The van der Waals surface area contributed by atoms with Gasteiger partial charge in [-0.2, -0.15) is 0 Å². The first kappa shape index (κ1) is 15.1. The van der Waals surface area contributed by atoms with Gasteiger partial charge in [-0.05, 0) is 29.8 Å². The number of aromatic nitrogens is 1. The van der Waals surface area contributed by atoms with E-state index in [0.717, 1.165) is 16.5 Å². The highest BCUT2D eigenvalue weighted by Gasteiger charge is 2.01. The van der Waals surface area contributed by atoms with Crippen LogP contribution < -0.4 is 24.0 Å². The summed E-state index contributed by atoms with van der Waals surface area (Å²) in [5, 5.41) is 1.19. The SMILES string of the molecule is C[N+](C)(C)C/C=C\c1ccc2ncccc2c1.[I-]. The van der Waals surface area contributed by atoms with Gasteiger partial charge in [0.25, 0.3) is 0 Å². The second kappa shape index (κ2) is 6.29. The minimum absolute atomic E-state index is 0. The third-order valence-corrected chi connectivity index (χ3v) is 2.59. The highest BCUT2D eigenvalue weighted by atomic mass is 127. The lowest BCUT2D eigenvalue weighted by molar-refractivity contribution is -0.864. The van der Waals surface area contributed by atoms with E-state index in [1.54, 1.807) is 0 Å². The van der Waals surface area contributed by atoms with Crippen molar-refractivity contribution < 1.29 is 28.5 Å². The van der Waals surface area contributed by atoms with Crippen LogP contribution in [0, 0.1) is 0 Å². The summed E-state index contributed by atoms with van der Waals surface area (Å²) in [5.41, 5.74) is 2.29. The largest absolute Gasteiger partial charge is 1.00 e. The number of hydrogen-bond acceptors (Lipinski definition) is 1. The van der Waals surface area contributed by atoms with E-state index in [-0.39, 0.29) is 24.0 Å². The molecule has 0 atom stereocenters. The average Bonchev–Trinajstić information content (AvgIpc) is 2.27. The number of rotatable bonds is 3. The van der Waals surface area contributed by atoms with Crippen LogP contribution in [0.5, 0.6) is 0 Å². The molecule has 0 aliphatic heterocycles. The highest BCUT2D eigenvalue weighted by molar-refractivity contribution is 5.80. The lowest BCUT2D eigenvalue weighted by Crippen LogP contribution is -3.00. The first-order chi connectivity index (χ1) is 8.04. The van der Waals surface area contributed by atoms with E-state index in [4.69, 9.17) is 0 Å². The van der Waals surface area contributed by atoms with Gasteiger partial charge in [-0.1, -0.05) is 18.2 Å². The Hall–Kier alpha value is -0.940. The lowest BCUT2D eigenvalue weighted by atomic mass is 10.1. The Bertz CT molecular complexity index is 541. The van der Waals surface area contributed by atoms with E-state index in [1.807, 2.05) is 12.3 Å². The van der Waals surface area contributed by atoms with Crippen molar-refractivity contribution in [3.8, 4) is 0 Å². The molecule has 0 aliphatic carbocycles. The number of likely N-dealkylation sites (N-methyl/N-ethyl adjacent to an activating group) is 1. The molecule has 0 saturated carbocycles. The van der Waals surface area contributed by atoms with Crippen molar-refractivity contribution >= 4 is 17.0 Å². The van der Waals surface area contributed by atoms with Crippen molar-refractivity contribution in [2.75, 3.05) is 27.7 Å². The summed E-state index contributed by atoms with van der Waals surface area (Å²) in [6.45, 7) is 1.03. The summed E-state index contributed by atoms with van der Waals surface area (Å²) in [5.74, 6) is 0. The molecule has 2 nitrogen and oxygen atoms in total. The van der Waals surface area contributed by atoms with Gasteiger partial charge in [0.05, 0.1) is 33.2 Å². The second-order valence-electron chi connectivity index (χ2n) is 5.33. The molecule has 3 heteroatoms. The van der Waals surface area contributed by atoms with Gasteiger partial charge in [0.1, 0.15) is 0 Å². The van der Waals surface area contributed by atoms with Crippen LogP contribution in [-0.4, -0.2) is 37.2 Å². The predicted molar refractivity (Wildman–Crippen MR) is 73.7 cm³/mol. The van der Waals surface area contributed by atoms with E-state index < -0.39 is 0 Å². The zero-order valence-corrected chi connectivity index (χ0v) is 13.3. The molecule has 1 aromatic heterocycles. The quantitative estimate of drug-likeness (QED) is 0.557. The fraction of sp³-hybridized carbons (Fsp3) is 0.267. The first-order valence-electron chi connectivity index (χ1n) is 5.86. The standard InChI is InChI=1S/C15H19N2.HI/c1-17(2,3)11-5-6-13-8-9-15-14(12-13)7-4-10-16-15;/h4-10,12H,11H2,1-3H3;1H/q+1;/p-1/b6-5-;. The summed E-state index contributed by atoms with van der Waals surface area (Å²) in [6.07, 6.45) is 6.22. The van der Waals surface area contributed by atoms with E-state index in [2.05, 4.69) is 62.5 Å². The number of halogens is 1. The normalized spacial score (nSPS) is 11.7. The minimum Gasteiger partial charge on any atom is -1.00 e. The fourth-order valence-corrected chi connectivity index (χ4v) is 1.70. The summed E-state index contributed by atoms with van der Waals surface area (Å²) in [7, 11) is 6.57. The maximum absolute atomic E-state index is 4.31. The second-order valence-corrected chi connectivity index (χ2v) is 5.33. The van der Waals surface area contributed by atoms with Crippen LogP contribution in [0.1, 0.15) is 5.56 Å². The molecule has 0 bridgehead atoms. The van der Waals surface area contributed by atoms with E-state index in [0.29, 0.717) is 0 Å². The number of pyridine rings is 1. The molecule has 1 heterocycles. The topological polar surface area (TPSA) is 12.9 Å². The average molecular weight is 354 g/mol. The Morgan fingerprint density at radius 3 is 2.67 bits per heavy atom. The molecule has 0 fully saturated rings. The van der Waals surface area contributed by atoms with Gasteiger partial charge in [-0.25, -0.2) is 0 Å². The summed E-state index contributed by atoms with van der Waals surface area (Å²) in [6, 6.07) is 10.4. The van der Waals surface area contributed by atoms with E-state index in [1.165, 1.54) is 10.9 Å². The van der Waals surface area contributed by atoms with Crippen LogP contribution in [-0.2, 0) is 0 Å². The molecule has 2 aromatic rings. The van der Waals surface area contributed by atoms with Crippen molar-refractivity contribution in [3.05, 3.63) is 48.2 Å². The summed E-state index contributed by atoms with van der Waals surface area (Å²) < 4.78 is 0.950. The van der Waals surface area contributed by atoms with Crippen LogP contribution >= 0.6 is 0 Å². The molecular weight excluding hydrogens is 335 g/mol.